The van der Waals surface area contributed by atoms with Crippen molar-refractivity contribution in [2.24, 2.45) is 0 Å². The van der Waals surface area contributed by atoms with Crippen LogP contribution in [-0.2, 0) is 0 Å². The third kappa shape index (κ3) is 3.45. The van der Waals surface area contributed by atoms with Crippen molar-refractivity contribution in [3.8, 4) is 0 Å². The molecule has 0 bridgehead atoms. The first kappa shape index (κ1) is 13.5. The van der Waals surface area contributed by atoms with E-state index >= 15 is 0 Å². The van der Waals surface area contributed by atoms with Crippen LogP contribution in [0.25, 0.3) is 0 Å². The fraction of sp³-hybridized carbons (Fsp3) is 0.556. The van der Waals surface area contributed by atoms with Gasteiger partial charge in [-0.05, 0) is 6.26 Å². The maximum Gasteiger partial charge on any atom is 0.329 e. The monoisotopic (exact) mass is 257 g/mol. The third-order valence-electron chi connectivity index (χ3n) is 2.16. The van der Waals surface area contributed by atoms with E-state index in [9.17, 15) is 10.1 Å². The Labute approximate surface area is 104 Å². The molecule has 0 fully saturated rings. The van der Waals surface area contributed by atoms with Gasteiger partial charge in [0.15, 0.2) is 0 Å². The number of rotatable bonds is 6. The van der Waals surface area contributed by atoms with Gasteiger partial charge in [0.05, 0.1) is 4.92 Å². The summed E-state index contributed by atoms with van der Waals surface area (Å²) in [5.74, 6) is 1.59. The zero-order chi connectivity index (χ0) is 12.8. The van der Waals surface area contributed by atoms with E-state index in [2.05, 4.69) is 15.3 Å². The highest BCUT2D eigenvalue weighted by molar-refractivity contribution is 7.98. The summed E-state index contributed by atoms with van der Waals surface area (Å²) in [6.07, 6.45) is 3.21. The molecule has 94 valence electrons. The first-order valence-corrected chi connectivity index (χ1v) is 6.38. The van der Waals surface area contributed by atoms with Crippen molar-refractivity contribution in [1.82, 2.24) is 9.97 Å². The summed E-state index contributed by atoms with van der Waals surface area (Å²) >= 11 is 1.68. The van der Waals surface area contributed by atoms with E-state index in [1.54, 1.807) is 30.8 Å². The molecule has 0 aliphatic rings. The summed E-state index contributed by atoms with van der Waals surface area (Å²) in [6, 6.07) is 0. The molecule has 1 N–H and O–H groups in total. The van der Waals surface area contributed by atoms with Gasteiger partial charge in [0.2, 0.25) is 11.8 Å². The maximum atomic E-state index is 10.9. The minimum absolute atomic E-state index is 0.0763. The summed E-state index contributed by atoms with van der Waals surface area (Å²) < 4.78 is 0. The van der Waals surface area contributed by atoms with Gasteiger partial charge in [0.25, 0.3) is 0 Å². The SMILES string of the molecule is CNc1ncc([N+](=O)[O-])c(N(C)CCSC)n1. The van der Waals surface area contributed by atoms with E-state index in [4.69, 9.17) is 0 Å². The molecule has 0 aliphatic carbocycles. The van der Waals surface area contributed by atoms with Crippen LogP contribution < -0.4 is 10.2 Å². The minimum Gasteiger partial charge on any atom is -0.357 e. The molecule has 0 atom stereocenters. The molecule has 1 heterocycles. The molecule has 1 aromatic rings. The Hall–Kier alpha value is -1.57. The molecule has 0 aliphatic heterocycles. The Kier molecular flexibility index (Phi) is 4.95. The fourth-order valence-electron chi connectivity index (χ4n) is 1.23. The number of aromatic nitrogens is 2. The quantitative estimate of drug-likeness (QED) is 0.606. The van der Waals surface area contributed by atoms with E-state index in [-0.39, 0.29) is 5.69 Å². The van der Waals surface area contributed by atoms with E-state index in [0.29, 0.717) is 18.3 Å². The second-order valence-electron chi connectivity index (χ2n) is 3.32. The molecule has 0 aromatic carbocycles. The van der Waals surface area contributed by atoms with Gasteiger partial charge >= 0.3 is 5.69 Å². The zero-order valence-corrected chi connectivity index (χ0v) is 10.8. The smallest absolute Gasteiger partial charge is 0.329 e. The second kappa shape index (κ2) is 6.24. The van der Waals surface area contributed by atoms with Crippen molar-refractivity contribution in [1.29, 1.82) is 0 Å². The van der Waals surface area contributed by atoms with Crippen molar-refractivity contribution in [3.05, 3.63) is 16.3 Å². The van der Waals surface area contributed by atoms with Crippen LogP contribution in [0.15, 0.2) is 6.20 Å². The first-order chi connectivity index (χ1) is 8.10. The third-order valence-corrected chi connectivity index (χ3v) is 2.75. The van der Waals surface area contributed by atoms with Gasteiger partial charge in [-0.1, -0.05) is 0 Å². The second-order valence-corrected chi connectivity index (χ2v) is 4.31. The van der Waals surface area contributed by atoms with Crippen molar-refractivity contribution < 1.29 is 4.92 Å². The predicted molar refractivity (Wildman–Crippen MR) is 69.9 cm³/mol. The van der Waals surface area contributed by atoms with Gasteiger partial charge in [-0.2, -0.15) is 16.7 Å². The lowest BCUT2D eigenvalue weighted by Crippen LogP contribution is -2.23. The molecule has 1 aromatic heterocycles. The van der Waals surface area contributed by atoms with Gasteiger partial charge in [-0.25, -0.2) is 4.98 Å². The molecule has 1 rings (SSSR count). The van der Waals surface area contributed by atoms with E-state index in [0.717, 1.165) is 5.75 Å². The number of nitro groups is 1. The number of nitrogens with one attached hydrogen (secondary N) is 1. The Bertz CT molecular complexity index is 401. The lowest BCUT2D eigenvalue weighted by molar-refractivity contribution is -0.384. The highest BCUT2D eigenvalue weighted by atomic mass is 32.2. The van der Waals surface area contributed by atoms with Gasteiger partial charge in [-0.15, -0.1) is 0 Å². The molecule has 0 radical (unpaired) electrons. The Morgan fingerprint density at radius 3 is 2.88 bits per heavy atom. The van der Waals surface area contributed by atoms with Crippen molar-refractivity contribution in [2.45, 2.75) is 0 Å². The van der Waals surface area contributed by atoms with Crippen LogP contribution >= 0.6 is 11.8 Å². The van der Waals surface area contributed by atoms with Crippen LogP contribution in [0.2, 0.25) is 0 Å². The van der Waals surface area contributed by atoms with Gasteiger partial charge in [0.1, 0.15) is 6.20 Å². The van der Waals surface area contributed by atoms with Crippen molar-refractivity contribution in [2.75, 3.05) is 42.9 Å². The molecule has 0 unspecified atom stereocenters. The first-order valence-electron chi connectivity index (χ1n) is 4.99. The minimum atomic E-state index is -0.468. The van der Waals surface area contributed by atoms with Crippen LogP contribution in [0.5, 0.6) is 0 Å². The molecular formula is C9H15N5O2S. The van der Waals surface area contributed by atoms with Gasteiger partial charge in [-0.3, -0.25) is 10.1 Å². The van der Waals surface area contributed by atoms with Gasteiger partial charge < -0.3 is 10.2 Å². The molecule has 8 heteroatoms. The highest BCUT2D eigenvalue weighted by Crippen LogP contribution is 2.24. The van der Waals surface area contributed by atoms with Crippen molar-refractivity contribution >= 4 is 29.2 Å². The van der Waals surface area contributed by atoms with Crippen LogP contribution in [0, 0.1) is 10.1 Å². The van der Waals surface area contributed by atoms with Crippen molar-refractivity contribution in [3.63, 3.8) is 0 Å². The Morgan fingerprint density at radius 1 is 1.65 bits per heavy atom. The number of thioether (sulfide) groups is 1. The standard InChI is InChI=1S/C9H15N5O2S/c1-10-9-11-6-7(14(15)16)8(12-9)13(2)4-5-17-3/h6H,4-5H2,1-3H3,(H,10,11,12). The Balaban J connectivity index is 3.03. The largest absolute Gasteiger partial charge is 0.357 e. The molecule has 7 nitrogen and oxygen atoms in total. The summed E-state index contributed by atoms with van der Waals surface area (Å²) in [7, 11) is 3.46. The average molecular weight is 257 g/mol. The molecule has 0 saturated heterocycles. The maximum absolute atomic E-state index is 10.9. The van der Waals surface area contributed by atoms with E-state index in [1.807, 2.05) is 6.26 Å². The Morgan fingerprint density at radius 2 is 2.35 bits per heavy atom. The summed E-state index contributed by atoms with van der Waals surface area (Å²) in [5, 5.41) is 13.6. The fourth-order valence-corrected chi connectivity index (χ4v) is 1.69. The summed E-state index contributed by atoms with van der Waals surface area (Å²) in [4.78, 5) is 20.1. The normalized spacial score (nSPS) is 10.1. The average Bonchev–Trinajstić information content (AvgIpc) is 2.34. The summed E-state index contributed by atoms with van der Waals surface area (Å²) in [5.41, 5.74) is -0.0763. The number of anilines is 2. The van der Waals surface area contributed by atoms with Crippen LogP contribution in [0.1, 0.15) is 0 Å². The molecular weight excluding hydrogens is 242 g/mol. The molecule has 0 spiro atoms. The van der Waals surface area contributed by atoms with Crippen LogP contribution in [0.3, 0.4) is 0 Å². The highest BCUT2D eigenvalue weighted by Gasteiger charge is 2.20. The zero-order valence-electron chi connectivity index (χ0n) is 10.0. The van der Waals surface area contributed by atoms with E-state index < -0.39 is 4.92 Å². The topological polar surface area (TPSA) is 84.2 Å². The van der Waals surface area contributed by atoms with Crippen LogP contribution in [0.4, 0.5) is 17.5 Å². The summed E-state index contributed by atoms with van der Waals surface area (Å²) in [6.45, 7) is 0.697. The van der Waals surface area contributed by atoms with E-state index in [1.165, 1.54) is 6.20 Å². The number of hydrogen-bond donors (Lipinski definition) is 1. The predicted octanol–water partition coefficient (Wildman–Crippen LogP) is 1.23. The van der Waals surface area contributed by atoms with Gasteiger partial charge in [0, 0.05) is 26.4 Å². The molecule has 0 saturated carbocycles. The molecule has 17 heavy (non-hydrogen) atoms. The number of hydrogen-bond acceptors (Lipinski definition) is 7. The van der Waals surface area contributed by atoms with Crippen LogP contribution in [-0.4, -0.2) is 47.5 Å². The number of nitrogens with zero attached hydrogens (tertiary/aromatic N) is 4. The lowest BCUT2D eigenvalue weighted by Gasteiger charge is -2.17. The molecule has 0 amide bonds. The lowest BCUT2D eigenvalue weighted by atomic mass is 10.4.